The van der Waals surface area contributed by atoms with E-state index >= 15 is 0 Å². The summed E-state index contributed by atoms with van der Waals surface area (Å²) in [6.45, 7) is 2.79. The minimum absolute atomic E-state index is 0.0720. The zero-order valence-corrected chi connectivity index (χ0v) is 17.1. The summed E-state index contributed by atoms with van der Waals surface area (Å²) in [6, 6.07) is 10.3. The molecule has 0 aliphatic carbocycles. The number of amides is 2. The van der Waals surface area contributed by atoms with Crippen LogP contribution in [0.2, 0.25) is 0 Å². The maximum atomic E-state index is 13.1. The Hall–Kier alpha value is -3.20. The molecule has 0 spiro atoms. The topological polar surface area (TPSA) is 71.1 Å². The number of likely N-dealkylation sites (N-methyl/N-ethyl adjacent to an activating group) is 1. The molecule has 2 aromatic rings. The Kier molecular flexibility index (Phi) is 5.54. The number of rotatable bonds is 6. The molecule has 0 aromatic heterocycles. The number of anilines is 1. The highest BCUT2D eigenvalue weighted by atomic mass is 32.1. The van der Waals surface area contributed by atoms with Gasteiger partial charge in [0.05, 0.1) is 6.42 Å². The van der Waals surface area contributed by atoms with Gasteiger partial charge in [0.25, 0.3) is 5.91 Å². The summed E-state index contributed by atoms with van der Waals surface area (Å²) in [7, 11) is 0. The fourth-order valence-corrected chi connectivity index (χ4v) is 3.93. The molecule has 2 amide bonds. The highest BCUT2D eigenvalue weighted by Crippen LogP contribution is 2.33. The fraction of sp³-hybridized carbons (Fsp3) is 0.286. The van der Waals surface area contributed by atoms with Gasteiger partial charge in [0, 0.05) is 18.8 Å². The number of halogens is 1. The molecule has 0 bridgehead atoms. The zero-order valence-electron chi connectivity index (χ0n) is 16.3. The van der Waals surface area contributed by atoms with Crippen LogP contribution in [0, 0.1) is 5.82 Å². The number of hydrogen-bond donors (Lipinski definition) is 1. The van der Waals surface area contributed by atoms with Crippen molar-refractivity contribution >= 4 is 34.8 Å². The maximum Gasteiger partial charge on any atom is 0.252 e. The summed E-state index contributed by atoms with van der Waals surface area (Å²) >= 11 is 5.51. The molecular weight excluding hydrogens is 409 g/mol. The van der Waals surface area contributed by atoms with Crippen molar-refractivity contribution in [1.82, 2.24) is 9.80 Å². The van der Waals surface area contributed by atoms with Crippen molar-refractivity contribution < 1.29 is 23.5 Å². The van der Waals surface area contributed by atoms with Crippen LogP contribution in [0.3, 0.4) is 0 Å². The standard InChI is InChI=1S/C21H20FN3O4S/c1-2-24-20(27)16(10-19(26)23-15-6-4-14(22)5-7-15)25(21(24)30)11-13-3-8-17-18(9-13)29-12-28-17/h3-9,16H,2,10-12H2,1H3,(H,23,26)/t16-/m1/s1. The van der Waals surface area contributed by atoms with Crippen molar-refractivity contribution in [3.8, 4) is 11.5 Å². The summed E-state index contributed by atoms with van der Waals surface area (Å²) in [5.41, 5.74) is 1.35. The number of fused-ring (bicyclic) bond motifs is 1. The van der Waals surface area contributed by atoms with E-state index in [1.165, 1.54) is 29.2 Å². The van der Waals surface area contributed by atoms with Gasteiger partial charge in [0.2, 0.25) is 12.7 Å². The Labute approximate surface area is 178 Å². The smallest absolute Gasteiger partial charge is 0.252 e. The molecular formula is C21H20FN3O4S. The lowest BCUT2D eigenvalue weighted by atomic mass is 10.1. The van der Waals surface area contributed by atoms with Crippen LogP contribution in [0.1, 0.15) is 18.9 Å². The molecule has 7 nitrogen and oxygen atoms in total. The lowest BCUT2D eigenvalue weighted by molar-refractivity contribution is -0.130. The van der Waals surface area contributed by atoms with Gasteiger partial charge in [-0.05, 0) is 61.1 Å². The average Bonchev–Trinajstić information content (AvgIpc) is 3.27. The van der Waals surface area contributed by atoms with Gasteiger partial charge in [0.1, 0.15) is 11.9 Å². The van der Waals surface area contributed by atoms with Crippen molar-refractivity contribution in [2.45, 2.75) is 25.9 Å². The van der Waals surface area contributed by atoms with Crippen molar-refractivity contribution in [3.63, 3.8) is 0 Å². The van der Waals surface area contributed by atoms with Crippen LogP contribution in [0.5, 0.6) is 11.5 Å². The predicted molar refractivity (Wildman–Crippen MR) is 112 cm³/mol. The van der Waals surface area contributed by atoms with Crippen molar-refractivity contribution in [2.24, 2.45) is 0 Å². The summed E-state index contributed by atoms with van der Waals surface area (Å²) < 4.78 is 23.8. The van der Waals surface area contributed by atoms with Crippen molar-refractivity contribution in [2.75, 3.05) is 18.7 Å². The molecule has 2 aromatic carbocycles. The predicted octanol–water partition coefficient (Wildman–Crippen LogP) is 2.90. The molecule has 4 rings (SSSR count). The molecule has 1 saturated heterocycles. The molecule has 9 heteroatoms. The Morgan fingerprint density at radius 2 is 1.93 bits per heavy atom. The first-order chi connectivity index (χ1) is 14.5. The molecule has 2 aliphatic rings. The highest BCUT2D eigenvalue weighted by molar-refractivity contribution is 7.80. The number of benzene rings is 2. The summed E-state index contributed by atoms with van der Waals surface area (Å²) in [6.07, 6.45) is -0.0720. The minimum atomic E-state index is -0.719. The minimum Gasteiger partial charge on any atom is -0.454 e. The second-order valence-corrected chi connectivity index (χ2v) is 7.32. The lowest BCUT2D eigenvalue weighted by Crippen LogP contribution is -2.37. The van der Waals surface area contributed by atoms with E-state index in [1.807, 2.05) is 25.1 Å². The van der Waals surface area contributed by atoms with E-state index in [2.05, 4.69) is 5.32 Å². The molecule has 0 saturated carbocycles. The monoisotopic (exact) mass is 429 g/mol. The first-order valence-electron chi connectivity index (χ1n) is 9.52. The van der Waals surface area contributed by atoms with Crippen molar-refractivity contribution in [3.05, 3.63) is 53.8 Å². The van der Waals surface area contributed by atoms with Gasteiger partial charge in [-0.1, -0.05) is 6.07 Å². The normalized spacial score (nSPS) is 17.6. The summed E-state index contributed by atoms with van der Waals surface area (Å²) in [4.78, 5) is 28.7. The second-order valence-electron chi connectivity index (χ2n) is 6.96. The van der Waals surface area contributed by atoms with Gasteiger partial charge in [-0.15, -0.1) is 0 Å². The molecule has 1 fully saturated rings. The first kappa shape index (κ1) is 20.1. The van der Waals surface area contributed by atoms with E-state index in [9.17, 15) is 14.0 Å². The van der Waals surface area contributed by atoms with Crippen LogP contribution in [-0.2, 0) is 16.1 Å². The third-order valence-electron chi connectivity index (χ3n) is 5.02. The van der Waals surface area contributed by atoms with Gasteiger partial charge in [0.15, 0.2) is 16.6 Å². The van der Waals surface area contributed by atoms with Crippen molar-refractivity contribution in [1.29, 1.82) is 0 Å². The quantitative estimate of drug-likeness (QED) is 0.712. The molecule has 156 valence electrons. The van der Waals surface area contributed by atoms with E-state index in [0.29, 0.717) is 35.4 Å². The first-order valence-corrected chi connectivity index (χ1v) is 9.93. The number of carbonyl (C=O) groups excluding carboxylic acids is 2. The van der Waals surface area contributed by atoms with Gasteiger partial charge < -0.3 is 19.7 Å². The molecule has 2 aliphatic heterocycles. The Balaban J connectivity index is 1.51. The Morgan fingerprint density at radius 3 is 2.67 bits per heavy atom. The van der Waals surface area contributed by atoms with Crippen LogP contribution in [0.25, 0.3) is 0 Å². The Morgan fingerprint density at radius 1 is 1.20 bits per heavy atom. The van der Waals surface area contributed by atoms with E-state index in [4.69, 9.17) is 21.7 Å². The number of hydrogen-bond acceptors (Lipinski definition) is 5. The SMILES string of the molecule is CCN1C(=O)[C@@H](CC(=O)Nc2ccc(F)cc2)N(Cc2ccc3c(c2)OCO3)C1=S. The van der Waals surface area contributed by atoms with Gasteiger partial charge in [-0.2, -0.15) is 0 Å². The average molecular weight is 429 g/mol. The molecule has 1 N–H and O–H groups in total. The third-order valence-corrected chi connectivity index (χ3v) is 5.47. The van der Waals surface area contributed by atoms with E-state index in [0.717, 1.165) is 5.56 Å². The largest absolute Gasteiger partial charge is 0.454 e. The highest BCUT2D eigenvalue weighted by Gasteiger charge is 2.42. The molecule has 0 unspecified atom stereocenters. The van der Waals surface area contributed by atoms with Gasteiger partial charge in [-0.3, -0.25) is 14.5 Å². The Bertz CT molecular complexity index is 998. The maximum absolute atomic E-state index is 13.1. The molecule has 1 atom stereocenters. The van der Waals surface area contributed by atoms with Crippen LogP contribution in [0.15, 0.2) is 42.5 Å². The number of ether oxygens (including phenoxy) is 2. The van der Waals surface area contributed by atoms with Crippen LogP contribution < -0.4 is 14.8 Å². The molecule has 2 heterocycles. The van der Waals surface area contributed by atoms with Gasteiger partial charge in [-0.25, -0.2) is 4.39 Å². The van der Waals surface area contributed by atoms with Crippen LogP contribution in [0.4, 0.5) is 10.1 Å². The van der Waals surface area contributed by atoms with Crippen LogP contribution >= 0.6 is 12.2 Å². The number of carbonyl (C=O) groups is 2. The van der Waals surface area contributed by atoms with Crippen LogP contribution in [-0.4, -0.2) is 46.1 Å². The van der Waals surface area contributed by atoms with E-state index in [-0.39, 0.29) is 25.0 Å². The zero-order chi connectivity index (χ0) is 21.3. The number of nitrogens with one attached hydrogen (secondary N) is 1. The van der Waals surface area contributed by atoms with E-state index in [1.54, 1.807) is 4.90 Å². The van der Waals surface area contributed by atoms with Gasteiger partial charge >= 0.3 is 0 Å². The number of nitrogens with zero attached hydrogens (tertiary/aromatic N) is 2. The molecule has 30 heavy (non-hydrogen) atoms. The number of thiocarbonyl (C=S) groups is 1. The summed E-state index contributed by atoms with van der Waals surface area (Å²) in [5, 5.41) is 3.09. The second kappa shape index (κ2) is 8.27. The lowest BCUT2D eigenvalue weighted by Gasteiger charge is -2.24. The fourth-order valence-electron chi connectivity index (χ4n) is 3.52. The van der Waals surface area contributed by atoms with E-state index < -0.39 is 11.9 Å². The summed E-state index contributed by atoms with van der Waals surface area (Å²) in [5.74, 6) is 0.359. The molecule has 0 radical (unpaired) electrons. The third kappa shape index (κ3) is 3.93.